The van der Waals surface area contributed by atoms with Crippen LogP contribution in [0.3, 0.4) is 0 Å². The number of sulfonamides is 1. The largest absolute Gasteiger partial charge is 0.272 e. The first-order chi connectivity index (χ1) is 7.25. The minimum absolute atomic E-state index is 0.287. The summed E-state index contributed by atoms with van der Waals surface area (Å²) < 4.78 is 23.3. The molecule has 1 aliphatic heterocycles. The van der Waals surface area contributed by atoms with Crippen LogP contribution >= 0.6 is 12.6 Å². The number of thiol groups is 1. The molecule has 0 saturated carbocycles. The number of hydrogen-bond acceptors (Lipinski definition) is 4. The van der Waals surface area contributed by atoms with E-state index < -0.39 is 14.8 Å². The van der Waals surface area contributed by atoms with Gasteiger partial charge in [-0.1, -0.05) is 6.92 Å². The third-order valence-electron chi connectivity index (χ3n) is 3.12. The van der Waals surface area contributed by atoms with Gasteiger partial charge < -0.3 is 0 Å². The highest BCUT2D eigenvalue weighted by Crippen LogP contribution is 2.35. The van der Waals surface area contributed by atoms with Crippen LogP contribution in [0.15, 0.2) is 0 Å². The van der Waals surface area contributed by atoms with Gasteiger partial charge in [-0.15, -0.1) is 0 Å². The zero-order valence-corrected chi connectivity index (χ0v) is 11.6. The molecule has 0 aliphatic carbocycles. The molecular formula is C10H19NO3S2. The van der Waals surface area contributed by atoms with Gasteiger partial charge in [0, 0.05) is 6.54 Å². The lowest BCUT2D eigenvalue weighted by Gasteiger charge is -2.43. The smallest absolute Gasteiger partial charge is 0.258 e. The van der Waals surface area contributed by atoms with Crippen molar-refractivity contribution in [2.75, 3.05) is 12.3 Å². The summed E-state index contributed by atoms with van der Waals surface area (Å²) >= 11 is 4.12. The lowest BCUT2D eigenvalue weighted by molar-refractivity contribution is -0.132. The Hall–Kier alpha value is -0.230. The van der Waals surface area contributed by atoms with Gasteiger partial charge in [0.2, 0.25) is 0 Å². The molecule has 4 nitrogen and oxygen atoms in total. The highest BCUT2D eigenvalue weighted by molar-refractivity contribution is 7.94. The van der Waals surface area contributed by atoms with E-state index in [0.717, 1.165) is 16.5 Å². The number of carbonyl (C=O) groups is 1. The van der Waals surface area contributed by atoms with Crippen molar-refractivity contribution < 1.29 is 13.2 Å². The van der Waals surface area contributed by atoms with Crippen molar-refractivity contribution in [3.8, 4) is 0 Å². The van der Waals surface area contributed by atoms with E-state index >= 15 is 0 Å². The Labute approximate surface area is 103 Å². The third kappa shape index (κ3) is 2.09. The zero-order chi connectivity index (χ0) is 12.6. The second-order valence-corrected chi connectivity index (χ2v) is 7.66. The minimum Gasteiger partial charge on any atom is -0.272 e. The van der Waals surface area contributed by atoms with Crippen LogP contribution in [0.25, 0.3) is 0 Å². The number of nitrogens with zero attached hydrogens (tertiary/aromatic N) is 1. The molecule has 1 amide bonds. The number of carbonyl (C=O) groups excluding carboxylic acids is 1. The number of rotatable bonds is 5. The molecule has 1 atom stereocenters. The van der Waals surface area contributed by atoms with Crippen LogP contribution in [0.5, 0.6) is 0 Å². The fourth-order valence-corrected chi connectivity index (χ4v) is 3.66. The van der Waals surface area contributed by atoms with Crippen LogP contribution < -0.4 is 0 Å². The predicted octanol–water partition coefficient (Wildman–Crippen LogP) is 1.28. The Morgan fingerprint density at radius 3 is 2.38 bits per heavy atom. The first-order valence-electron chi connectivity index (χ1n) is 5.42. The fourth-order valence-electron chi connectivity index (χ4n) is 1.68. The molecule has 6 heteroatoms. The van der Waals surface area contributed by atoms with Crippen molar-refractivity contribution >= 4 is 28.6 Å². The number of hydrogen-bond donors (Lipinski definition) is 1. The van der Waals surface area contributed by atoms with E-state index in [1.165, 1.54) is 13.8 Å². The molecule has 0 spiro atoms. The second-order valence-electron chi connectivity index (χ2n) is 4.80. The summed E-state index contributed by atoms with van der Waals surface area (Å²) in [4.78, 5) is 11.6. The van der Waals surface area contributed by atoms with Crippen molar-refractivity contribution in [3.63, 3.8) is 0 Å². The standard InChI is InChI=1S/C10H19NO3S2/c1-8(5-7-15)4-6-11-9(12)10(2,3)16(11,13)14/h8,15H,4-7H2,1-3H3. The van der Waals surface area contributed by atoms with Gasteiger partial charge in [0.1, 0.15) is 0 Å². The summed E-state index contributed by atoms with van der Waals surface area (Å²) in [6, 6.07) is 0. The average Bonchev–Trinajstić information content (AvgIpc) is 2.17. The molecule has 1 rings (SSSR count). The molecule has 0 aromatic carbocycles. The van der Waals surface area contributed by atoms with Crippen molar-refractivity contribution in [2.45, 2.75) is 38.4 Å². The van der Waals surface area contributed by atoms with Crippen LogP contribution in [-0.4, -0.2) is 35.7 Å². The molecule has 0 N–H and O–H groups in total. The molecule has 16 heavy (non-hydrogen) atoms. The molecule has 0 aromatic heterocycles. The summed E-state index contributed by atoms with van der Waals surface area (Å²) in [6.45, 7) is 5.26. The van der Waals surface area contributed by atoms with Gasteiger partial charge in [0.15, 0.2) is 4.75 Å². The van der Waals surface area contributed by atoms with Crippen molar-refractivity contribution in [1.82, 2.24) is 4.31 Å². The Balaban J connectivity index is 2.56. The van der Waals surface area contributed by atoms with Crippen molar-refractivity contribution in [3.05, 3.63) is 0 Å². The summed E-state index contributed by atoms with van der Waals surface area (Å²) in [5, 5.41) is 0. The van der Waals surface area contributed by atoms with Gasteiger partial charge in [0.25, 0.3) is 15.9 Å². The Bertz CT molecular complexity index is 376. The maximum Gasteiger partial charge on any atom is 0.258 e. The summed E-state index contributed by atoms with van der Waals surface area (Å²) in [7, 11) is -3.40. The van der Waals surface area contributed by atoms with E-state index in [2.05, 4.69) is 12.6 Å². The molecule has 1 saturated heterocycles. The molecule has 1 heterocycles. The van der Waals surface area contributed by atoms with Crippen molar-refractivity contribution in [2.24, 2.45) is 5.92 Å². The fraction of sp³-hybridized carbons (Fsp3) is 0.900. The van der Waals surface area contributed by atoms with Crippen LogP contribution in [0.1, 0.15) is 33.6 Å². The van der Waals surface area contributed by atoms with E-state index in [9.17, 15) is 13.2 Å². The van der Waals surface area contributed by atoms with Gasteiger partial charge >= 0.3 is 0 Å². The Morgan fingerprint density at radius 2 is 1.94 bits per heavy atom. The van der Waals surface area contributed by atoms with E-state index in [4.69, 9.17) is 0 Å². The molecule has 0 bridgehead atoms. The monoisotopic (exact) mass is 265 g/mol. The zero-order valence-electron chi connectivity index (χ0n) is 9.93. The maximum atomic E-state index is 11.7. The first-order valence-corrected chi connectivity index (χ1v) is 7.50. The van der Waals surface area contributed by atoms with Gasteiger partial charge in [-0.2, -0.15) is 12.6 Å². The molecule has 0 aromatic rings. The Kier molecular flexibility index (Phi) is 3.95. The summed E-state index contributed by atoms with van der Waals surface area (Å²) in [5.74, 6) is 0.891. The second kappa shape index (κ2) is 4.56. The lowest BCUT2D eigenvalue weighted by atomic mass is 10.0. The topological polar surface area (TPSA) is 54.5 Å². The molecule has 1 unspecified atom stereocenters. The molecule has 94 valence electrons. The Morgan fingerprint density at radius 1 is 1.38 bits per heavy atom. The maximum absolute atomic E-state index is 11.7. The van der Waals surface area contributed by atoms with Gasteiger partial charge in [-0.3, -0.25) is 4.79 Å². The molecule has 1 aliphatic rings. The highest BCUT2D eigenvalue weighted by atomic mass is 32.2. The van der Waals surface area contributed by atoms with Gasteiger partial charge in [-0.05, 0) is 38.4 Å². The quantitative estimate of drug-likeness (QED) is 0.762. The molecule has 0 radical (unpaired) electrons. The molecule has 1 fully saturated rings. The van der Waals surface area contributed by atoms with Crippen LogP contribution in [0.4, 0.5) is 0 Å². The normalized spacial score (nSPS) is 24.0. The van der Waals surface area contributed by atoms with Gasteiger partial charge in [0.05, 0.1) is 0 Å². The van der Waals surface area contributed by atoms with E-state index in [1.54, 1.807) is 0 Å². The summed E-state index contributed by atoms with van der Waals surface area (Å²) in [6.07, 6.45) is 1.65. The average molecular weight is 265 g/mol. The summed E-state index contributed by atoms with van der Waals surface area (Å²) in [5.41, 5.74) is 0. The first kappa shape index (κ1) is 13.8. The minimum atomic E-state index is -3.40. The highest BCUT2D eigenvalue weighted by Gasteiger charge is 2.59. The third-order valence-corrected chi connectivity index (χ3v) is 5.77. The lowest BCUT2D eigenvalue weighted by Crippen LogP contribution is -2.67. The predicted molar refractivity (Wildman–Crippen MR) is 67.0 cm³/mol. The number of amides is 1. The SMILES string of the molecule is CC(CCS)CCN1C(=O)C(C)(C)S1(=O)=O. The van der Waals surface area contributed by atoms with Gasteiger partial charge in [-0.25, -0.2) is 12.7 Å². The van der Waals surface area contributed by atoms with E-state index in [-0.39, 0.29) is 5.91 Å². The van der Waals surface area contributed by atoms with Crippen molar-refractivity contribution in [1.29, 1.82) is 0 Å². The van der Waals surface area contributed by atoms with Crippen LogP contribution in [-0.2, 0) is 14.8 Å². The van der Waals surface area contributed by atoms with Crippen LogP contribution in [0, 0.1) is 5.92 Å². The van der Waals surface area contributed by atoms with E-state index in [0.29, 0.717) is 18.9 Å². The molecular weight excluding hydrogens is 246 g/mol. The van der Waals surface area contributed by atoms with E-state index in [1.807, 2.05) is 6.92 Å². The van der Waals surface area contributed by atoms with Crippen LogP contribution in [0.2, 0.25) is 0 Å².